The molecule has 0 bridgehead atoms. The van der Waals surface area contributed by atoms with E-state index in [0.717, 1.165) is 0 Å². The number of aliphatic hydroxyl groups is 1. The first kappa shape index (κ1) is 18.0. The standard InChI is InChI=1S/C18H22FNO4/c1-5-23-16-13(7-6-8-15(16)19)17(21)20-10-18(4,22)14-9-11(2)24-12(14)3/h6-9,22H,5,10H2,1-4H3,(H,20,21). The van der Waals surface area contributed by atoms with Gasteiger partial charge in [-0.05, 0) is 45.9 Å². The number of hydrogen-bond acceptors (Lipinski definition) is 4. The molecule has 2 aromatic rings. The summed E-state index contributed by atoms with van der Waals surface area (Å²) in [5.74, 6) is 0.0616. The number of furan rings is 1. The van der Waals surface area contributed by atoms with Gasteiger partial charge in [0.05, 0.1) is 18.7 Å². The molecule has 1 aromatic heterocycles. The number of hydrogen-bond donors (Lipinski definition) is 2. The van der Waals surface area contributed by atoms with E-state index in [1.54, 1.807) is 33.8 Å². The predicted octanol–water partition coefficient (Wildman–Crippen LogP) is 3.07. The summed E-state index contributed by atoms with van der Waals surface area (Å²) >= 11 is 0. The van der Waals surface area contributed by atoms with Crippen LogP contribution in [0.4, 0.5) is 4.39 Å². The van der Waals surface area contributed by atoms with Gasteiger partial charge < -0.3 is 19.6 Å². The Morgan fingerprint density at radius 3 is 2.71 bits per heavy atom. The molecule has 2 rings (SSSR count). The summed E-state index contributed by atoms with van der Waals surface area (Å²) in [6.45, 7) is 7.02. The minimum atomic E-state index is -1.31. The Hall–Kier alpha value is -2.34. The van der Waals surface area contributed by atoms with Gasteiger partial charge in [0, 0.05) is 5.56 Å². The Balaban J connectivity index is 2.16. The third-order valence-corrected chi connectivity index (χ3v) is 3.71. The van der Waals surface area contributed by atoms with E-state index in [2.05, 4.69) is 5.32 Å². The second kappa shape index (κ2) is 7.05. The predicted molar refractivity (Wildman–Crippen MR) is 87.7 cm³/mol. The van der Waals surface area contributed by atoms with Crippen molar-refractivity contribution >= 4 is 5.91 Å². The minimum Gasteiger partial charge on any atom is -0.490 e. The smallest absolute Gasteiger partial charge is 0.255 e. The van der Waals surface area contributed by atoms with Crippen LogP contribution in [0.1, 0.15) is 41.3 Å². The molecule has 0 fully saturated rings. The van der Waals surface area contributed by atoms with Crippen LogP contribution in [0.2, 0.25) is 0 Å². The topological polar surface area (TPSA) is 71.7 Å². The number of carbonyl (C=O) groups is 1. The maximum Gasteiger partial charge on any atom is 0.255 e. The molecule has 1 heterocycles. The molecule has 1 amide bonds. The highest BCUT2D eigenvalue weighted by atomic mass is 19.1. The number of carbonyl (C=O) groups excluding carboxylic acids is 1. The molecule has 0 aliphatic carbocycles. The van der Waals surface area contributed by atoms with E-state index in [0.29, 0.717) is 17.1 Å². The first-order valence-electron chi connectivity index (χ1n) is 7.75. The number of nitrogens with one attached hydrogen (secondary N) is 1. The number of rotatable bonds is 6. The molecule has 5 nitrogen and oxygen atoms in total. The molecule has 1 aromatic carbocycles. The van der Waals surface area contributed by atoms with E-state index in [1.807, 2.05) is 0 Å². The van der Waals surface area contributed by atoms with Crippen LogP contribution in [0.5, 0.6) is 5.75 Å². The average Bonchev–Trinajstić information content (AvgIpc) is 2.86. The van der Waals surface area contributed by atoms with Gasteiger partial charge in [0.1, 0.15) is 17.1 Å². The summed E-state index contributed by atoms with van der Waals surface area (Å²) in [7, 11) is 0. The van der Waals surface area contributed by atoms with Crippen LogP contribution in [-0.4, -0.2) is 24.2 Å². The van der Waals surface area contributed by atoms with Gasteiger partial charge in [-0.25, -0.2) is 4.39 Å². The highest BCUT2D eigenvalue weighted by Gasteiger charge is 2.29. The maximum absolute atomic E-state index is 13.8. The van der Waals surface area contributed by atoms with E-state index in [1.165, 1.54) is 18.2 Å². The first-order valence-corrected chi connectivity index (χ1v) is 7.75. The molecule has 130 valence electrons. The number of benzene rings is 1. The number of para-hydroxylation sites is 1. The van der Waals surface area contributed by atoms with Crippen LogP contribution in [0.25, 0.3) is 0 Å². The van der Waals surface area contributed by atoms with Crippen molar-refractivity contribution in [2.75, 3.05) is 13.2 Å². The van der Waals surface area contributed by atoms with Gasteiger partial charge in [-0.2, -0.15) is 0 Å². The maximum atomic E-state index is 13.8. The molecular weight excluding hydrogens is 313 g/mol. The highest BCUT2D eigenvalue weighted by molar-refractivity contribution is 5.97. The summed E-state index contributed by atoms with van der Waals surface area (Å²) in [6, 6.07) is 5.88. The summed E-state index contributed by atoms with van der Waals surface area (Å²) in [5.41, 5.74) is -0.617. The van der Waals surface area contributed by atoms with Crippen molar-refractivity contribution in [1.82, 2.24) is 5.32 Å². The Bertz CT molecular complexity index is 737. The molecule has 0 aliphatic heterocycles. The number of aryl methyl sites for hydroxylation is 2. The average molecular weight is 335 g/mol. The van der Waals surface area contributed by atoms with Crippen molar-refractivity contribution in [3.63, 3.8) is 0 Å². The lowest BCUT2D eigenvalue weighted by atomic mass is 9.96. The lowest BCUT2D eigenvalue weighted by Gasteiger charge is -2.23. The Morgan fingerprint density at radius 2 is 2.12 bits per heavy atom. The van der Waals surface area contributed by atoms with Gasteiger partial charge in [0.15, 0.2) is 11.6 Å². The number of amides is 1. The van der Waals surface area contributed by atoms with Crippen LogP contribution in [0, 0.1) is 19.7 Å². The molecule has 1 unspecified atom stereocenters. The second-order valence-corrected chi connectivity index (χ2v) is 5.83. The van der Waals surface area contributed by atoms with Gasteiger partial charge in [0.2, 0.25) is 0 Å². The van der Waals surface area contributed by atoms with E-state index in [-0.39, 0.29) is 24.5 Å². The zero-order valence-corrected chi connectivity index (χ0v) is 14.3. The summed E-state index contributed by atoms with van der Waals surface area (Å²) in [5, 5.41) is 13.2. The van der Waals surface area contributed by atoms with Crippen molar-refractivity contribution < 1.29 is 23.4 Å². The SMILES string of the molecule is CCOc1c(F)cccc1C(=O)NCC(C)(O)c1cc(C)oc1C. The first-order chi connectivity index (χ1) is 11.3. The zero-order valence-electron chi connectivity index (χ0n) is 14.3. The lowest BCUT2D eigenvalue weighted by Crippen LogP contribution is -2.39. The van der Waals surface area contributed by atoms with Crippen LogP contribution >= 0.6 is 0 Å². The molecule has 24 heavy (non-hydrogen) atoms. The van der Waals surface area contributed by atoms with Crippen LogP contribution < -0.4 is 10.1 Å². The van der Waals surface area contributed by atoms with Gasteiger partial charge in [0.25, 0.3) is 5.91 Å². The summed E-state index contributed by atoms with van der Waals surface area (Å²) < 4.78 is 24.5. The monoisotopic (exact) mass is 335 g/mol. The fraction of sp³-hybridized carbons (Fsp3) is 0.389. The Morgan fingerprint density at radius 1 is 1.42 bits per heavy atom. The summed E-state index contributed by atoms with van der Waals surface area (Å²) in [4.78, 5) is 12.4. The molecule has 0 saturated heterocycles. The normalized spacial score (nSPS) is 13.4. The fourth-order valence-corrected chi connectivity index (χ4v) is 2.59. The van der Waals surface area contributed by atoms with E-state index >= 15 is 0 Å². The zero-order chi connectivity index (χ0) is 17.9. The molecule has 0 radical (unpaired) electrons. The van der Waals surface area contributed by atoms with Crippen LogP contribution in [-0.2, 0) is 5.60 Å². The lowest BCUT2D eigenvalue weighted by molar-refractivity contribution is 0.0513. The van der Waals surface area contributed by atoms with Gasteiger partial charge in [-0.15, -0.1) is 0 Å². The molecule has 6 heteroatoms. The van der Waals surface area contributed by atoms with Crippen molar-refractivity contribution in [3.8, 4) is 5.75 Å². The molecular formula is C18H22FNO4. The molecule has 1 atom stereocenters. The van der Waals surface area contributed by atoms with E-state index in [4.69, 9.17) is 9.15 Å². The Kier molecular flexibility index (Phi) is 5.29. The minimum absolute atomic E-state index is 0.0479. The summed E-state index contributed by atoms with van der Waals surface area (Å²) in [6.07, 6.45) is 0. The van der Waals surface area contributed by atoms with Crippen molar-refractivity contribution in [2.45, 2.75) is 33.3 Å². The molecule has 0 saturated carbocycles. The number of halogens is 1. The van der Waals surface area contributed by atoms with Gasteiger partial charge in [-0.3, -0.25) is 4.79 Å². The molecule has 0 spiro atoms. The fourth-order valence-electron chi connectivity index (χ4n) is 2.59. The largest absolute Gasteiger partial charge is 0.490 e. The quantitative estimate of drug-likeness (QED) is 0.851. The number of ether oxygens (including phenoxy) is 1. The van der Waals surface area contributed by atoms with Crippen molar-refractivity contribution in [3.05, 3.63) is 52.7 Å². The van der Waals surface area contributed by atoms with E-state index < -0.39 is 17.3 Å². The highest BCUT2D eigenvalue weighted by Crippen LogP contribution is 2.27. The van der Waals surface area contributed by atoms with Crippen LogP contribution in [0.3, 0.4) is 0 Å². The van der Waals surface area contributed by atoms with Crippen molar-refractivity contribution in [1.29, 1.82) is 0 Å². The van der Waals surface area contributed by atoms with Gasteiger partial charge >= 0.3 is 0 Å². The van der Waals surface area contributed by atoms with Crippen molar-refractivity contribution in [2.24, 2.45) is 0 Å². The van der Waals surface area contributed by atoms with Crippen LogP contribution in [0.15, 0.2) is 28.7 Å². The third kappa shape index (κ3) is 3.76. The van der Waals surface area contributed by atoms with E-state index in [9.17, 15) is 14.3 Å². The van der Waals surface area contributed by atoms with Gasteiger partial charge in [-0.1, -0.05) is 6.07 Å². The second-order valence-electron chi connectivity index (χ2n) is 5.83. The Labute approximate surface area is 140 Å². The molecule has 2 N–H and O–H groups in total. The third-order valence-electron chi connectivity index (χ3n) is 3.71. The molecule has 0 aliphatic rings.